The van der Waals surface area contributed by atoms with E-state index in [9.17, 15) is 26.3 Å². The third kappa shape index (κ3) is 4.13. The third-order valence-electron chi connectivity index (χ3n) is 4.97. The summed E-state index contributed by atoms with van der Waals surface area (Å²) >= 11 is 0. The Morgan fingerprint density at radius 3 is 2.17 bits per heavy atom. The monoisotopic (exact) mass is 491 g/mol. The van der Waals surface area contributed by atoms with Crippen LogP contribution in [0.1, 0.15) is 11.3 Å². The maximum Gasteiger partial charge on any atom is 0.433 e. The molecule has 2 N–H and O–H groups in total. The lowest BCUT2D eigenvalue weighted by molar-refractivity contribution is -0.142. The second kappa shape index (κ2) is 7.78. The van der Waals surface area contributed by atoms with Gasteiger partial charge < -0.3 is 10.3 Å². The van der Waals surface area contributed by atoms with E-state index in [-0.39, 0.29) is 40.0 Å². The maximum atomic E-state index is 13.8. The molecule has 0 saturated heterocycles. The van der Waals surface area contributed by atoms with Crippen molar-refractivity contribution in [3.8, 4) is 34.1 Å². The average Bonchev–Trinajstić information content (AvgIpc) is 3.45. The van der Waals surface area contributed by atoms with Crippen LogP contribution in [0.15, 0.2) is 59.4 Å². The van der Waals surface area contributed by atoms with E-state index in [0.717, 1.165) is 30.5 Å². The van der Waals surface area contributed by atoms with Gasteiger partial charge in [-0.1, -0.05) is 17.3 Å². The number of nitrogens with zero attached hydrogens (tertiary/aromatic N) is 6. The summed E-state index contributed by atoms with van der Waals surface area (Å²) in [5.74, 6) is 0.193. The molecule has 0 aliphatic heterocycles. The number of nitrogens with two attached hydrogens (primary N) is 1. The Balaban J connectivity index is 1.64. The molecule has 4 heterocycles. The number of rotatable bonds is 3. The largest absolute Gasteiger partial charge is 0.433 e. The molecule has 0 radical (unpaired) electrons. The molecule has 4 aromatic heterocycles. The van der Waals surface area contributed by atoms with E-state index in [4.69, 9.17) is 10.3 Å². The minimum Gasteiger partial charge on any atom is -0.384 e. The maximum absolute atomic E-state index is 13.8. The van der Waals surface area contributed by atoms with E-state index in [1.165, 1.54) is 12.3 Å². The lowest BCUT2D eigenvalue weighted by atomic mass is 10.1. The van der Waals surface area contributed by atoms with Gasteiger partial charge in [0.25, 0.3) is 5.89 Å². The fraction of sp³-hybridized carbons (Fsp3) is 0.0952. The molecule has 0 spiro atoms. The number of anilines is 1. The molecular weight excluding hydrogens is 480 g/mol. The van der Waals surface area contributed by atoms with Crippen molar-refractivity contribution in [3.63, 3.8) is 0 Å². The average molecular weight is 491 g/mol. The molecule has 35 heavy (non-hydrogen) atoms. The highest BCUT2D eigenvalue weighted by Crippen LogP contribution is 2.36. The number of fused-ring (bicyclic) bond motifs is 1. The number of halogens is 6. The first-order chi connectivity index (χ1) is 16.5. The standard InChI is InChI=1S/C21H11F6N7O/c22-20(23,24)12-4-1-10(2-5-12)14-7-15(21(25,26)27)34-18(31-14)13(9-30-34)19-32-17(33-35-19)11-3-6-16(28)29-8-11/h1-9H,(H2,28,29). The summed E-state index contributed by atoms with van der Waals surface area (Å²) in [6.45, 7) is 0. The van der Waals surface area contributed by atoms with Crippen molar-refractivity contribution in [2.75, 3.05) is 5.73 Å². The minimum atomic E-state index is -4.85. The molecule has 0 aliphatic rings. The van der Waals surface area contributed by atoms with Gasteiger partial charge in [0.2, 0.25) is 5.82 Å². The van der Waals surface area contributed by atoms with E-state index >= 15 is 0 Å². The van der Waals surface area contributed by atoms with Crippen molar-refractivity contribution < 1.29 is 30.9 Å². The Hall–Kier alpha value is -4.49. The summed E-state index contributed by atoms with van der Waals surface area (Å²) in [6.07, 6.45) is -6.97. The number of alkyl halides is 6. The van der Waals surface area contributed by atoms with Gasteiger partial charge in [-0.05, 0) is 30.3 Å². The Morgan fingerprint density at radius 2 is 1.54 bits per heavy atom. The van der Waals surface area contributed by atoms with Gasteiger partial charge in [0.05, 0.1) is 17.5 Å². The number of hydrogen-bond acceptors (Lipinski definition) is 7. The predicted molar refractivity (Wildman–Crippen MR) is 109 cm³/mol. The van der Waals surface area contributed by atoms with E-state index in [1.807, 2.05) is 0 Å². The third-order valence-corrected chi connectivity index (χ3v) is 4.97. The quantitative estimate of drug-likeness (QED) is 0.349. The van der Waals surface area contributed by atoms with E-state index in [1.54, 1.807) is 6.07 Å². The second-order valence-corrected chi connectivity index (χ2v) is 7.29. The van der Waals surface area contributed by atoms with Gasteiger partial charge in [-0.3, -0.25) is 0 Å². The van der Waals surface area contributed by atoms with Crippen LogP contribution in [0.25, 0.3) is 39.7 Å². The highest BCUT2D eigenvalue weighted by Gasteiger charge is 2.36. The van der Waals surface area contributed by atoms with E-state index < -0.39 is 23.6 Å². The van der Waals surface area contributed by atoms with Crippen molar-refractivity contribution >= 4 is 11.5 Å². The summed E-state index contributed by atoms with van der Waals surface area (Å²) < 4.78 is 85.8. The Bertz CT molecular complexity index is 1520. The van der Waals surface area contributed by atoms with Crippen LogP contribution in [-0.4, -0.2) is 29.7 Å². The van der Waals surface area contributed by atoms with Crippen molar-refractivity contribution in [3.05, 3.63) is 66.1 Å². The van der Waals surface area contributed by atoms with Crippen LogP contribution in [0.2, 0.25) is 0 Å². The summed E-state index contributed by atoms with van der Waals surface area (Å²) in [5.41, 5.74) is 3.39. The molecule has 0 atom stereocenters. The van der Waals surface area contributed by atoms with Gasteiger partial charge >= 0.3 is 12.4 Å². The Morgan fingerprint density at radius 1 is 0.829 bits per heavy atom. The number of aromatic nitrogens is 6. The fourth-order valence-electron chi connectivity index (χ4n) is 3.28. The highest BCUT2D eigenvalue weighted by atomic mass is 19.4. The van der Waals surface area contributed by atoms with Gasteiger partial charge in [-0.15, -0.1) is 0 Å². The van der Waals surface area contributed by atoms with Gasteiger partial charge in [0, 0.05) is 17.3 Å². The fourth-order valence-corrected chi connectivity index (χ4v) is 3.28. The van der Waals surface area contributed by atoms with Crippen LogP contribution >= 0.6 is 0 Å². The molecule has 0 bridgehead atoms. The van der Waals surface area contributed by atoms with Gasteiger partial charge in [-0.2, -0.15) is 36.4 Å². The zero-order valence-corrected chi connectivity index (χ0v) is 17.1. The van der Waals surface area contributed by atoms with Crippen molar-refractivity contribution in [2.45, 2.75) is 12.4 Å². The van der Waals surface area contributed by atoms with Crippen LogP contribution in [-0.2, 0) is 12.4 Å². The molecule has 5 rings (SSSR count). The van der Waals surface area contributed by atoms with Crippen LogP contribution in [0.4, 0.5) is 32.2 Å². The first-order valence-corrected chi connectivity index (χ1v) is 9.70. The topological polar surface area (TPSA) is 108 Å². The molecule has 14 heteroatoms. The molecular formula is C21H11F6N7O. The Kier molecular flexibility index (Phi) is 4.96. The SMILES string of the molecule is Nc1ccc(-c2noc(-c3cnn4c(C(F)(F)F)cc(-c5ccc(C(F)(F)F)cc5)nc34)n2)cn1. The first-order valence-electron chi connectivity index (χ1n) is 9.70. The van der Waals surface area contributed by atoms with Crippen LogP contribution < -0.4 is 5.73 Å². The highest BCUT2D eigenvalue weighted by molar-refractivity contribution is 5.75. The van der Waals surface area contributed by atoms with Gasteiger partial charge in [0.1, 0.15) is 11.4 Å². The summed E-state index contributed by atoms with van der Waals surface area (Å²) in [7, 11) is 0. The molecule has 1 aromatic carbocycles. The van der Waals surface area contributed by atoms with Crippen molar-refractivity contribution in [1.82, 2.24) is 29.7 Å². The van der Waals surface area contributed by atoms with E-state index in [2.05, 4.69) is 25.2 Å². The number of pyridine rings is 1. The van der Waals surface area contributed by atoms with Crippen molar-refractivity contribution in [1.29, 1.82) is 0 Å². The molecule has 178 valence electrons. The molecule has 0 aliphatic carbocycles. The molecule has 0 unspecified atom stereocenters. The molecule has 5 aromatic rings. The number of benzene rings is 1. The first kappa shape index (κ1) is 22.3. The Labute approximate surface area is 191 Å². The van der Waals surface area contributed by atoms with Gasteiger partial charge in [0.15, 0.2) is 11.3 Å². The lowest BCUT2D eigenvalue weighted by Gasteiger charge is -2.12. The summed E-state index contributed by atoms with van der Waals surface area (Å²) in [4.78, 5) is 12.3. The van der Waals surface area contributed by atoms with Crippen molar-refractivity contribution in [2.24, 2.45) is 0 Å². The van der Waals surface area contributed by atoms with Crippen LogP contribution in [0.3, 0.4) is 0 Å². The van der Waals surface area contributed by atoms with Gasteiger partial charge in [-0.25, -0.2) is 14.5 Å². The molecule has 0 amide bonds. The summed E-state index contributed by atoms with van der Waals surface area (Å²) in [5, 5.41) is 7.57. The van der Waals surface area contributed by atoms with Crippen LogP contribution in [0.5, 0.6) is 0 Å². The normalized spacial score (nSPS) is 12.4. The number of hydrogen-bond donors (Lipinski definition) is 1. The number of nitrogen functional groups attached to an aromatic ring is 1. The van der Waals surface area contributed by atoms with Crippen LogP contribution in [0, 0.1) is 0 Å². The smallest absolute Gasteiger partial charge is 0.384 e. The zero-order chi connectivity index (χ0) is 25.0. The predicted octanol–water partition coefficient (Wildman–Crippen LogP) is 5.13. The zero-order valence-electron chi connectivity index (χ0n) is 17.1. The summed E-state index contributed by atoms with van der Waals surface area (Å²) in [6, 6.07) is 7.39. The second-order valence-electron chi connectivity index (χ2n) is 7.29. The lowest BCUT2D eigenvalue weighted by Crippen LogP contribution is -2.13. The minimum absolute atomic E-state index is 0.00795. The van der Waals surface area contributed by atoms with E-state index in [0.29, 0.717) is 16.1 Å². The molecule has 8 nitrogen and oxygen atoms in total. The molecule has 0 saturated carbocycles. The molecule has 0 fully saturated rings.